The predicted molar refractivity (Wildman–Crippen MR) is 31.0 cm³/mol. The Hall–Kier alpha value is -1.10. The zero-order valence-electron chi connectivity index (χ0n) is 4.28. The van der Waals surface area contributed by atoms with Crippen molar-refractivity contribution in [1.82, 2.24) is 5.01 Å². The lowest BCUT2D eigenvalue weighted by molar-refractivity contribution is 0.641. The third-order valence-electron chi connectivity index (χ3n) is 0.785. The highest BCUT2D eigenvalue weighted by molar-refractivity contribution is 5.89. The first-order valence-corrected chi connectivity index (χ1v) is 2.14. The average molecular weight is 113 g/mol. The summed E-state index contributed by atoms with van der Waals surface area (Å²) >= 11 is 0. The Labute approximate surface area is 46.7 Å². The van der Waals surface area contributed by atoms with Gasteiger partial charge in [-0.05, 0) is 0 Å². The number of nitrogens with two attached hydrogens (primary N) is 2. The smallest absolute Gasteiger partial charge is 0.213 e. The fraction of sp³-hybridized carbons (Fsp3) is 0.333. The Morgan fingerprint density at radius 1 is 1.75 bits per heavy atom. The molecule has 0 saturated heterocycles. The summed E-state index contributed by atoms with van der Waals surface area (Å²) in [5.74, 6) is 5.51. The van der Waals surface area contributed by atoms with Crippen LogP contribution >= 0.6 is 0 Å². The molecule has 1 heterocycles. The van der Waals surface area contributed by atoms with Gasteiger partial charge in [-0.2, -0.15) is 0 Å². The monoisotopic (exact) mass is 113 g/mol. The minimum absolute atomic E-state index is 0.306. The number of hydrogen-bond donors (Lipinski definition) is 2. The molecule has 0 saturated carbocycles. The molecule has 0 radical (unpaired) electrons. The van der Waals surface area contributed by atoms with Crippen LogP contribution in [-0.2, 0) is 0 Å². The van der Waals surface area contributed by atoms with E-state index < -0.39 is 0 Å². The lowest BCUT2D eigenvalue weighted by Gasteiger charge is -2.12. The SMILES string of the molecule is NC1=NCN=CN1N. The minimum atomic E-state index is 0.306. The maximum atomic E-state index is 5.24. The highest BCUT2D eigenvalue weighted by Crippen LogP contribution is 1.82. The number of aliphatic imine (C=N–C) groups is 2. The lowest BCUT2D eigenvalue weighted by Crippen LogP contribution is -2.43. The van der Waals surface area contributed by atoms with Crippen LogP contribution in [0.15, 0.2) is 9.98 Å². The van der Waals surface area contributed by atoms with Crippen LogP contribution in [-0.4, -0.2) is 24.0 Å². The molecule has 8 heavy (non-hydrogen) atoms. The van der Waals surface area contributed by atoms with Crippen molar-refractivity contribution in [2.24, 2.45) is 21.6 Å². The number of hydrogen-bond acceptors (Lipinski definition) is 5. The summed E-state index contributed by atoms with van der Waals surface area (Å²) in [4.78, 5) is 7.43. The molecule has 1 aliphatic heterocycles. The van der Waals surface area contributed by atoms with Crippen LogP contribution in [0, 0.1) is 0 Å². The third kappa shape index (κ3) is 0.760. The molecule has 1 aliphatic rings. The highest BCUT2D eigenvalue weighted by atomic mass is 15.5. The quantitative estimate of drug-likeness (QED) is 0.374. The molecule has 0 aliphatic carbocycles. The van der Waals surface area contributed by atoms with Gasteiger partial charge in [0.1, 0.15) is 13.0 Å². The maximum absolute atomic E-state index is 5.24. The van der Waals surface area contributed by atoms with Crippen molar-refractivity contribution in [3.05, 3.63) is 0 Å². The molecule has 0 amide bonds. The van der Waals surface area contributed by atoms with E-state index in [1.165, 1.54) is 11.3 Å². The van der Waals surface area contributed by atoms with Crippen molar-refractivity contribution in [1.29, 1.82) is 0 Å². The Balaban J connectivity index is 2.63. The predicted octanol–water partition coefficient (Wildman–Crippen LogP) is -1.52. The van der Waals surface area contributed by atoms with E-state index in [2.05, 4.69) is 9.98 Å². The van der Waals surface area contributed by atoms with Gasteiger partial charge < -0.3 is 5.73 Å². The number of rotatable bonds is 0. The molecule has 0 unspecified atom stereocenters. The summed E-state index contributed by atoms with van der Waals surface area (Å²) in [5, 5.41) is 1.17. The zero-order valence-corrected chi connectivity index (χ0v) is 4.28. The van der Waals surface area contributed by atoms with Crippen LogP contribution in [0.1, 0.15) is 0 Å². The van der Waals surface area contributed by atoms with Gasteiger partial charge >= 0.3 is 0 Å². The van der Waals surface area contributed by atoms with E-state index in [-0.39, 0.29) is 0 Å². The molecule has 0 atom stereocenters. The molecule has 0 spiro atoms. The molecule has 0 bridgehead atoms. The van der Waals surface area contributed by atoms with Crippen LogP contribution in [0.4, 0.5) is 0 Å². The summed E-state index contributed by atoms with van der Waals surface area (Å²) < 4.78 is 0. The minimum Gasteiger partial charge on any atom is -0.368 e. The fourth-order valence-electron chi connectivity index (χ4n) is 0.379. The second-order valence-electron chi connectivity index (χ2n) is 1.36. The Morgan fingerprint density at radius 2 is 2.50 bits per heavy atom. The van der Waals surface area contributed by atoms with Crippen molar-refractivity contribution in [2.45, 2.75) is 0 Å². The molecule has 0 aromatic rings. The number of hydrazine groups is 1. The topological polar surface area (TPSA) is 80.0 Å². The van der Waals surface area contributed by atoms with Gasteiger partial charge in [-0.25, -0.2) is 15.8 Å². The second-order valence-corrected chi connectivity index (χ2v) is 1.36. The van der Waals surface area contributed by atoms with Crippen LogP contribution in [0.3, 0.4) is 0 Å². The van der Waals surface area contributed by atoms with Gasteiger partial charge in [0.2, 0.25) is 5.96 Å². The second kappa shape index (κ2) is 1.79. The first-order valence-electron chi connectivity index (χ1n) is 2.14. The summed E-state index contributed by atoms with van der Waals surface area (Å²) in [6.07, 6.45) is 1.43. The fourth-order valence-corrected chi connectivity index (χ4v) is 0.379. The molecule has 0 aromatic heterocycles. The summed E-state index contributed by atoms with van der Waals surface area (Å²) in [5.41, 5.74) is 5.24. The normalized spacial score (nSPS) is 18.6. The van der Waals surface area contributed by atoms with Gasteiger partial charge in [-0.3, -0.25) is 4.99 Å². The largest absolute Gasteiger partial charge is 0.368 e. The molecular formula is C3H7N5. The number of nitrogens with zero attached hydrogens (tertiary/aromatic N) is 3. The van der Waals surface area contributed by atoms with Crippen molar-refractivity contribution >= 4 is 12.3 Å². The van der Waals surface area contributed by atoms with E-state index in [0.717, 1.165) is 0 Å². The maximum Gasteiger partial charge on any atom is 0.213 e. The molecule has 5 heteroatoms. The van der Waals surface area contributed by atoms with Gasteiger partial charge in [0.15, 0.2) is 0 Å². The molecule has 44 valence electrons. The van der Waals surface area contributed by atoms with Gasteiger partial charge in [-0.1, -0.05) is 0 Å². The molecule has 4 N–H and O–H groups in total. The summed E-state index contributed by atoms with van der Waals surface area (Å²) in [7, 11) is 0. The van der Waals surface area contributed by atoms with Gasteiger partial charge in [-0.15, -0.1) is 0 Å². The first-order chi connectivity index (χ1) is 3.80. The van der Waals surface area contributed by atoms with E-state index in [1.54, 1.807) is 0 Å². The molecule has 0 aromatic carbocycles. The van der Waals surface area contributed by atoms with Crippen LogP contribution in [0.2, 0.25) is 0 Å². The van der Waals surface area contributed by atoms with Crippen LogP contribution in [0.5, 0.6) is 0 Å². The van der Waals surface area contributed by atoms with Crippen molar-refractivity contribution in [3.8, 4) is 0 Å². The van der Waals surface area contributed by atoms with Gasteiger partial charge in [0.25, 0.3) is 0 Å². The zero-order chi connectivity index (χ0) is 5.98. The van der Waals surface area contributed by atoms with Gasteiger partial charge in [0, 0.05) is 0 Å². The van der Waals surface area contributed by atoms with Crippen molar-refractivity contribution in [3.63, 3.8) is 0 Å². The summed E-state index contributed by atoms with van der Waals surface area (Å²) in [6, 6.07) is 0. The first kappa shape index (κ1) is 5.04. The van der Waals surface area contributed by atoms with E-state index >= 15 is 0 Å². The third-order valence-corrected chi connectivity index (χ3v) is 0.785. The summed E-state index contributed by atoms with van der Waals surface area (Å²) in [6.45, 7) is 0.388. The van der Waals surface area contributed by atoms with Crippen LogP contribution < -0.4 is 11.6 Å². The Morgan fingerprint density at radius 3 is 2.88 bits per heavy atom. The molecule has 5 nitrogen and oxygen atoms in total. The highest BCUT2D eigenvalue weighted by Gasteiger charge is 1.99. The molecular weight excluding hydrogens is 106 g/mol. The Kier molecular flexibility index (Phi) is 1.13. The number of guanidine groups is 1. The van der Waals surface area contributed by atoms with Gasteiger partial charge in [0.05, 0.1) is 0 Å². The molecule has 1 rings (SSSR count). The van der Waals surface area contributed by atoms with Crippen molar-refractivity contribution in [2.75, 3.05) is 6.67 Å². The van der Waals surface area contributed by atoms with E-state index in [0.29, 0.717) is 12.6 Å². The Bertz CT molecular complexity index is 137. The van der Waals surface area contributed by atoms with E-state index in [1.807, 2.05) is 0 Å². The van der Waals surface area contributed by atoms with E-state index in [4.69, 9.17) is 11.6 Å². The van der Waals surface area contributed by atoms with E-state index in [9.17, 15) is 0 Å². The standard InChI is InChI=1S/C3H7N5/c4-3-7-1-6-2-8(3)5/h2H,1,5H2,(H2,4,7). The van der Waals surface area contributed by atoms with Crippen molar-refractivity contribution < 1.29 is 0 Å². The lowest BCUT2D eigenvalue weighted by atomic mass is 10.8. The average Bonchev–Trinajstić information content (AvgIpc) is 1.77. The van der Waals surface area contributed by atoms with Crippen LogP contribution in [0.25, 0.3) is 0 Å². The molecule has 0 fully saturated rings.